The van der Waals surface area contributed by atoms with Crippen LogP contribution in [0.5, 0.6) is 0 Å². The van der Waals surface area contributed by atoms with E-state index in [9.17, 15) is 19.0 Å². The van der Waals surface area contributed by atoms with Gasteiger partial charge < -0.3 is 9.46 Å². The van der Waals surface area contributed by atoms with E-state index >= 15 is 0 Å². The second kappa shape index (κ2) is 5.19. The summed E-state index contributed by atoms with van der Waals surface area (Å²) < 4.78 is 11.7. The average molecular weight is 240 g/mol. The summed E-state index contributed by atoms with van der Waals surface area (Å²) in [7, 11) is -4.65. The van der Waals surface area contributed by atoms with Gasteiger partial charge in [-0.3, -0.25) is 9.59 Å². The summed E-state index contributed by atoms with van der Waals surface area (Å²) in [6.07, 6.45) is 0. The molecule has 0 aliphatic rings. The van der Waals surface area contributed by atoms with Crippen LogP contribution in [0.3, 0.4) is 0 Å². The molecule has 88 valence electrons. The molecule has 0 unspecified atom stereocenters. The number of hydrogen-bond acceptors (Lipinski definition) is 4. The van der Waals surface area contributed by atoms with E-state index in [0.29, 0.717) is 0 Å². The molecule has 16 heavy (non-hydrogen) atoms. The van der Waals surface area contributed by atoms with E-state index in [4.69, 9.17) is 0 Å². The molecule has 0 aromatic heterocycles. The van der Waals surface area contributed by atoms with Crippen LogP contribution in [-0.4, -0.2) is 11.0 Å². The van der Waals surface area contributed by atoms with Crippen LogP contribution in [0.4, 0.5) is 0 Å². The van der Waals surface area contributed by atoms with Crippen LogP contribution < -0.4 is 23.8 Å². The largest absolute Gasteiger partial charge is 1.00 e. The second-order valence-corrected chi connectivity index (χ2v) is 7.58. The Labute approximate surface area is 109 Å². The summed E-state index contributed by atoms with van der Waals surface area (Å²) in [6, 6.07) is 0. The zero-order chi connectivity index (χ0) is 12.7. The molecule has 0 fully saturated rings. The minimum Gasteiger partial charge on any atom is -0.789 e. The Bertz CT molecular complexity index is 306. The predicted octanol–water partition coefficient (Wildman–Crippen LogP) is -1.23. The molecule has 0 N–H and O–H groups in total. The minimum absolute atomic E-state index is 0. The summed E-state index contributed by atoms with van der Waals surface area (Å²) in [5.41, 5.74) is -4.07. The molecule has 4 nitrogen and oxygen atoms in total. The van der Waals surface area contributed by atoms with Gasteiger partial charge in [-0.1, -0.05) is 41.5 Å². The van der Waals surface area contributed by atoms with E-state index < -0.39 is 29.2 Å². The molecule has 0 spiro atoms. The molecule has 0 amide bonds. The van der Waals surface area contributed by atoms with Gasteiger partial charge in [-0.25, -0.2) is 0 Å². The van der Waals surface area contributed by atoms with Gasteiger partial charge in [0.05, 0.1) is 0 Å². The first-order valence-corrected chi connectivity index (χ1v) is 6.35. The van der Waals surface area contributed by atoms with Crippen molar-refractivity contribution in [3.63, 3.8) is 0 Å². The van der Waals surface area contributed by atoms with Crippen LogP contribution in [0.1, 0.15) is 41.5 Å². The molecule has 0 radical (unpaired) electrons. The van der Waals surface area contributed by atoms with Crippen molar-refractivity contribution in [2.45, 2.75) is 41.5 Å². The third kappa shape index (κ3) is 4.18. The predicted molar refractivity (Wildman–Crippen MR) is 56.5 cm³/mol. The van der Waals surface area contributed by atoms with E-state index in [2.05, 4.69) is 0 Å². The summed E-state index contributed by atoms with van der Waals surface area (Å²) in [4.78, 5) is 34.8. The van der Waals surface area contributed by atoms with Crippen molar-refractivity contribution >= 4 is 18.4 Å². The molecule has 0 aliphatic carbocycles. The monoisotopic (exact) mass is 240 g/mol. The van der Waals surface area contributed by atoms with Crippen molar-refractivity contribution in [3.8, 4) is 0 Å². The van der Waals surface area contributed by atoms with E-state index in [1.165, 1.54) is 41.5 Å². The Morgan fingerprint density at radius 3 is 1.19 bits per heavy atom. The third-order valence-electron chi connectivity index (χ3n) is 1.82. The molecule has 0 rings (SSSR count). The fourth-order valence-corrected chi connectivity index (χ4v) is 2.93. The van der Waals surface area contributed by atoms with Gasteiger partial charge in [-0.15, -0.1) is 0 Å². The van der Waals surface area contributed by atoms with Gasteiger partial charge in [-0.05, 0) is 0 Å². The Morgan fingerprint density at radius 1 is 0.875 bits per heavy atom. The SMILES string of the molecule is CC(C)(C)C(=O)P(=O)([O-])C(=O)C(C)(C)C.[Li+]. The molecule has 0 bridgehead atoms. The van der Waals surface area contributed by atoms with Crippen molar-refractivity contribution in [1.29, 1.82) is 0 Å². The number of carbonyl (C=O) groups excluding carboxylic acids is 2. The second-order valence-electron chi connectivity index (χ2n) is 5.66. The Balaban J connectivity index is 0. The minimum atomic E-state index is -4.65. The number of carbonyl (C=O) groups is 2. The Hall–Kier alpha value is 0.127. The van der Waals surface area contributed by atoms with E-state index in [1.807, 2.05) is 0 Å². The number of hydrogen-bond donors (Lipinski definition) is 0. The maximum Gasteiger partial charge on any atom is 1.00 e. The molecule has 0 saturated carbocycles. The standard InChI is InChI=1S/C10H19O4P.Li/c1-9(2,3)7(11)15(13,14)8(12)10(4,5)6;/h1-6H3,(H,13,14);/q;+1/p-1. The van der Waals surface area contributed by atoms with E-state index in [0.717, 1.165) is 0 Å². The van der Waals surface area contributed by atoms with Gasteiger partial charge in [-0.2, -0.15) is 0 Å². The van der Waals surface area contributed by atoms with E-state index in [-0.39, 0.29) is 18.9 Å². The summed E-state index contributed by atoms with van der Waals surface area (Å²) in [5.74, 6) is 0. The molecule has 0 heterocycles. The fraction of sp³-hybridized carbons (Fsp3) is 0.800. The normalized spacial score (nSPS) is 12.9. The molecular weight excluding hydrogens is 222 g/mol. The first-order valence-electron chi connectivity index (χ1n) is 4.72. The van der Waals surface area contributed by atoms with Gasteiger partial charge in [0.25, 0.3) is 0 Å². The first kappa shape index (κ1) is 18.5. The van der Waals surface area contributed by atoms with E-state index in [1.54, 1.807) is 0 Å². The van der Waals surface area contributed by atoms with Gasteiger partial charge in [0.1, 0.15) is 7.37 Å². The Kier molecular flexibility index (Phi) is 5.99. The molecule has 0 aromatic rings. The maximum absolute atomic E-state index is 11.7. The zero-order valence-corrected chi connectivity index (χ0v) is 12.0. The van der Waals surface area contributed by atoms with Crippen molar-refractivity contribution < 1.29 is 37.9 Å². The fourth-order valence-electron chi connectivity index (χ4n) is 0.975. The zero-order valence-electron chi connectivity index (χ0n) is 11.1. The van der Waals surface area contributed by atoms with Gasteiger partial charge in [0.2, 0.25) is 0 Å². The first-order chi connectivity index (χ1) is 6.31. The molecule has 0 atom stereocenters. The van der Waals surface area contributed by atoms with Crippen molar-refractivity contribution in [3.05, 3.63) is 0 Å². The summed E-state index contributed by atoms with van der Waals surface area (Å²) in [5, 5.41) is 0. The van der Waals surface area contributed by atoms with Crippen LogP contribution in [0.25, 0.3) is 0 Å². The van der Waals surface area contributed by atoms with Crippen molar-refractivity contribution in [1.82, 2.24) is 0 Å². The molecular formula is C10H18LiO4P. The topological polar surface area (TPSA) is 74.3 Å². The molecule has 6 heteroatoms. The third-order valence-corrected chi connectivity index (χ3v) is 4.23. The summed E-state index contributed by atoms with van der Waals surface area (Å²) in [6.45, 7) is 8.89. The summed E-state index contributed by atoms with van der Waals surface area (Å²) >= 11 is 0. The molecule has 0 saturated heterocycles. The van der Waals surface area contributed by atoms with Crippen LogP contribution in [-0.2, 0) is 14.2 Å². The van der Waals surface area contributed by atoms with Crippen LogP contribution >= 0.6 is 7.37 Å². The number of rotatable bonds is 2. The smallest absolute Gasteiger partial charge is 0.789 e. The quantitative estimate of drug-likeness (QED) is 0.447. The molecule has 0 aliphatic heterocycles. The van der Waals surface area contributed by atoms with Crippen LogP contribution in [0.15, 0.2) is 0 Å². The van der Waals surface area contributed by atoms with Crippen LogP contribution in [0, 0.1) is 10.8 Å². The van der Waals surface area contributed by atoms with Gasteiger partial charge in [0, 0.05) is 10.8 Å². The van der Waals surface area contributed by atoms with Gasteiger partial charge >= 0.3 is 18.9 Å². The maximum atomic E-state index is 11.7. The average Bonchev–Trinajstić information content (AvgIpc) is 1.98. The Morgan fingerprint density at radius 2 is 1.06 bits per heavy atom. The van der Waals surface area contributed by atoms with Crippen molar-refractivity contribution in [2.24, 2.45) is 10.8 Å². The molecule has 0 aromatic carbocycles. The van der Waals surface area contributed by atoms with Crippen molar-refractivity contribution in [2.75, 3.05) is 0 Å². The van der Waals surface area contributed by atoms with Gasteiger partial charge in [0.15, 0.2) is 11.0 Å². The van der Waals surface area contributed by atoms with Crippen LogP contribution in [0.2, 0.25) is 0 Å².